The topological polar surface area (TPSA) is 49.8 Å². The van der Waals surface area contributed by atoms with Crippen LogP contribution < -0.4 is 4.90 Å². The quantitative estimate of drug-likeness (QED) is 0.771. The Labute approximate surface area is 112 Å². The number of methoxy groups -OCH3 is 1. The van der Waals surface area contributed by atoms with Crippen LogP contribution in [0, 0.1) is 5.82 Å². The van der Waals surface area contributed by atoms with Gasteiger partial charge in [-0.3, -0.25) is 0 Å². The van der Waals surface area contributed by atoms with Crippen molar-refractivity contribution in [3.8, 4) is 0 Å². The lowest BCUT2D eigenvalue weighted by Gasteiger charge is -2.24. The molecule has 0 aliphatic heterocycles. The number of hydrogen-bond donors (Lipinski definition) is 1. The Hall–Kier alpha value is -1.88. The molecule has 0 atom stereocenters. The molecule has 0 unspecified atom stereocenters. The number of hydrogen-bond acceptors (Lipinski definition) is 3. The first-order valence-electron chi connectivity index (χ1n) is 6.03. The van der Waals surface area contributed by atoms with Crippen molar-refractivity contribution in [3.05, 3.63) is 35.7 Å². The summed E-state index contributed by atoms with van der Waals surface area (Å²) >= 11 is 0. The second-order valence-electron chi connectivity index (χ2n) is 3.95. The van der Waals surface area contributed by atoms with Crippen molar-refractivity contribution in [2.24, 2.45) is 0 Å². The van der Waals surface area contributed by atoms with Crippen LogP contribution in [0.3, 0.4) is 0 Å². The van der Waals surface area contributed by atoms with Crippen LogP contribution in [-0.4, -0.2) is 37.9 Å². The second-order valence-corrected chi connectivity index (χ2v) is 3.95. The molecule has 4 nitrogen and oxygen atoms in total. The molecular weight excluding hydrogens is 249 g/mol. The fraction of sp³-hybridized carbons (Fsp3) is 0.357. The fourth-order valence-electron chi connectivity index (χ4n) is 1.76. The number of carbonyl (C=O) groups is 1. The maximum atomic E-state index is 13.3. The monoisotopic (exact) mass is 267 g/mol. The number of nitrogens with zero attached hydrogens (tertiary/aromatic N) is 1. The lowest BCUT2D eigenvalue weighted by Crippen LogP contribution is -2.27. The van der Waals surface area contributed by atoms with Gasteiger partial charge in [0.2, 0.25) is 0 Å². The molecule has 0 aromatic heterocycles. The van der Waals surface area contributed by atoms with Crippen LogP contribution in [0.25, 0.3) is 6.08 Å². The highest BCUT2D eigenvalue weighted by atomic mass is 19.1. The SMILES string of the molecule is CCN(CCOC)c1ccc(F)cc1/C=C/C(=O)O. The Morgan fingerprint density at radius 1 is 1.53 bits per heavy atom. The van der Waals surface area contributed by atoms with Gasteiger partial charge in [-0.1, -0.05) is 0 Å². The summed E-state index contributed by atoms with van der Waals surface area (Å²) in [6.45, 7) is 3.91. The predicted molar refractivity (Wildman–Crippen MR) is 72.8 cm³/mol. The van der Waals surface area contributed by atoms with Gasteiger partial charge < -0.3 is 14.7 Å². The van der Waals surface area contributed by atoms with Crippen molar-refractivity contribution in [2.75, 3.05) is 31.7 Å². The summed E-state index contributed by atoms with van der Waals surface area (Å²) in [5.74, 6) is -1.45. The third kappa shape index (κ3) is 4.71. The van der Waals surface area contributed by atoms with Gasteiger partial charge in [-0.05, 0) is 31.2 Å². The van der Waals surface area contributed by atoms with Gasteiger partial charge in [0.15, 0.2) is 0 Å². The summed E-state index contributed by atoms with van der Waals surface area (Å²) in [7, 11) is 1.61. The summed E-state index contributed by atoms with van der Waals surface area (Å²) in [6, 6.07) is 4.34. The van der Waals surface area contributed by atoms with Gasteiger partial charge in [0, 0.05) is 37.5 Å². The van der Waals surface area contributed by atoms with Gasteiger partial charge >= 0.3 is 5.97 Å². The van der Waals surface area contributed by atoms with Crippen LogP contribution in [0.2, 0.25) is 0 Å². The molecule has 0 spiro atoms. The normalized spacial score (nSPS) is 10.9. The summed E-state index contributed by atoms with van der Waals surface area (Å²) < 4.78 is 18.3. The lowest BCUT2D eigenvalue weighted by molar-refractivity contribution is -0.131. The number of benzene rings is 1. The number of halogens is 1. The molecule has 0 saturated heterocycles. The van der Waals surface area contributed by atoms with Gasteiger partial charge in [0.1, 0.15) is 5.82 Å². The molecule has 19 heavy (non-hydrogen) atoms. The van der Waals surface area contributed by atoms with E-state index in [1.165, 1.54) is 18.2 Å². The number of aliphatic carboxylic acids is 1. The smallest absolute Gasteiger partial charge is 0.328 e. The summed E-state index contributed by atoms with van der Waals surface area (Å²) in [4.78, 5) is 12.6. The number of carboxylic acid groups (broad SMARTS) is 1. The number of anilines is 1. The van der Waals surface area contributed by atoms with Crippen molar-refractivity contribution < 1.29 is 19.0 Å². The predicted octanol–water partition coefficient (Wildman–Crippen LogP) is 2.40. The van der Waals surface area contributed by atoms with Crippen LogP contribution in [-0.2, 0) is 9.53 Å². The van der Waals surface area contributed by atoms with E-state index in [1.807, 2.05) is 11.8 Å². The average molecular weight is 267 g/mol. The number of likely N-dealkylation sites (N-methyl/N-ethyl adjacent to an activating group) is 1. The van der Waals surface area contributed by atoms with E-state index in [0.717, 1.165) is 18.3 Å². The minimum Gasteiger partial charge on any atom is -0.478 e. The molecule has 1 aromatic carbocycles. The van der Waals surface area contributed by atoms with E-state index in [4.69, 9.17) is 9.84 Å². The van der Waals surface area contributed by atoms with E-state index in [9.17, 15) is 9.18 Å². The molecule has 0 aliphatic carbocycles. The summed E-state index contributed by atoms with van der Waals surface area (Å²) in [6.07, 6.45) is 2.40. The van der Waals surface area contributed by atoms with E-state index < -0.39 is 11.8 Å². The molecule has 5 heteroatoms. The molecule has 0 saturated carbocycles. The van der Waals surface area contributed by atoms with E-state index >= 15 is 0 Å². The molecule has 0 fully saturated rings. The first-order chi connectivity index (χ1) is 9.08. The van der Waals surface area contributed by atoms with Crippen LogP contribution >= 0.6 is 0 Å². The van der Waals surface area contributed by atoms with Crippen molar-refractivity contribution in [1.82, 2.24) is 0 Å². The standard InChI is InChI=1S/C14H18FNO3/c1-3-16(8-9-19-2)13-6-5-12(15)10-11(13)4-7-14(17)18/h4-7,10H,3,8-9H2,1-2H3,(H,17,18)/b7-4+. The highest BCUT2D eigenvalue weighted by molar-refractivity contribution is 5.87. The van der Waals surface area contributed by atoms with E-state index in [2.05, 4.69) is 0 Å². The first kappa shape index (κ1) is 15.2. The van der Waals surface area contributed by atoms with Crippen molar-refractivity contribution >= 4 is 17.7 Å². The zero-order valence-electron chi connectivity index (χ0n) is 11.1. The van der Waals surface area contributed by atoms with Crippen molar-refractivity contribution in [1.29, 1.82) is 0 Å². The Morgan fingerprint density at radius 2 is 2.26 bits per heavy atom. The van der Waals surface area contributed by atoms with E-state index in [-0.39, 0.29) is 0 Å². The molecule has 0 amide bonds. The molecule has 0 aliphatic rings. The van der Waals surface area contributed by atoms with Gasteiger partial charge in [0.25, 0.3) is 0 Å². The van der Waals surface area contributed by atoms with Gasteiger partial charge in [-0.2, -0.15) is 0 Å². The molecular formula is C14H18FNO3. The van der Waals surface area contributed by atoms with Crippen LogP contribution in [0.4, 0.5) is 10.1 Å². The Kier molecular flexibility index (Phi) is 6.02. The van der Waals surface area contributed by atoms with Crippen LogP contribution in [0.5, 0.6) is 0 Å². The average Bonchev–Trinajstić information content (AvgIpc) is 2.38. The van der Waals surface area contributed by atoms with Crippen molar-refractivity contribution in [2.45, 2.75) is 6.92 Å². The van der Waals surface area contributed by atoms with Gasteiger partial charge in [-0.15, -0.1) is 0 Å². The maximum Gasteiger partial charge on any atom is 0.328 e. The van der Waals surface area contributed by atoms with Crippen LogP contribution in [0.15, 0.2) is 24.3 Å². The van der Waals surface area contributed by atoms with E-state index in [0.29, 0.717) is 18.7 Å². The highest BCUT2D eigenvalue weighted by Crippen LogP contribution is 2.23. The molecule has 0 bridgehead atoms. The van der Waals surface area contributed by atoms with Crippen LogP contribution in [0.1, 0.15) is 12.5 Å². The highest BCUT2D eigenvalue weighted by Gasteiger charge is 2.09. The minimum atomic E-state index is -1.06. The molecule has 1 aromatic rings. The third-order valence-electron chi connectivity index (χ3n) is 2.68. The van der Waals surface area contributed by atoms with E-state index in [1.54, 1.807) is 13.2 Å². The zero-order valence-corrected chi connectivity index (χ0v) is 11.1. The molecule has 0 heterocycles. The van der Waals surface area contributed by atoms with Gasteiger partial charge in [0.05, 0.1) is 6.61 Å². The Balaban J connectivity index is 3.06. The maximum absolute atomic E-state index is 13.3. The molecule has 104 valence electrons. The minimum absolute atomic E-state index is 0.392. The largest absolute Gasteiger partial charge is 0.478 e. The summed E-state index contributed by atoms with van der Waals surface area (Å²) in [5.41, 5.74) is 1.33. The number of rotatable bonds is 7. The molecule has 1 N–H and O–H groups in total. The first-order valence-corrected chi connectivity index (χ1v) is 6.03. The second kappa shape index (κ2) is 7.53. The summed E-state index contributed by atoms with van der Waals surface area (Å²) in [5, 5.41) is 8.66. The lowest BCUT2D eigenvalue weighted by atomic mass is 10.1. The number of ether oxygens (including phenoxy) is 1. The number of carboxylic acids is 1. The Morgan fingerprint density at radius 3 is 2.84 bits per heavy atom. The fourth-order valence-corrected chi connectivity index (χ4v) is 1.76. The van der Waals surface area contributed by atoms with Crippen molar-refractivity contribution in [3.63, 3.8) is 0 Å². The molecule has 0 radical (unpaired) electrons. The van der Waals surface area contributed by atoms with Gasteiger partial charge in [-0.25, -0.2) is 9.18 Å². The Bertz CT molecular complexity index is 460. The zero-order chi connectivity index (χ0) is 14.3. The molecule has 1 rings (SSSR count). The third-order valence-corrected chi connectivity index (χ3v) is 2.68.